The number of hydrogen-bond acceptors (Lipinski definition) is 4. The fourth-order valence-electron chi connectivity index (χ4n) is 4.07. The van der Waals surface area contributed by atoms with Crippen molar-refractivity contribution in [3.8, 4) is 0 Å². The van der Waals surface area contributed by atoms with Crippen LogP contribution >= 0.6 is 0 Å². The Morgan fingerprint density at radius 3 is 2.75 bits per heavy atom. The Morgan fingerprint density at radius 1 is 1.25 bits per heavy atom. The maximum absolute atomic E-state index is 12.4. The van der Waals surface area contributed by atoms with Gasteiger partial charge in [-0.3, -0.25) is 0 Å². The fourth-order valence-corrected chi connectivity index (χ4v) is 4.07. The molecule has 0 aromatic carbocycles. The Labute approximate surface area is 144 Å². The van der Waals surface area contributed by atoms with Crippen LogP contribution in [0.2, 0.25) is 0 Å². The summed E-state index contributed by atoms with van der Waals surface area (Å²) in [7, 11) is 0. The molecule has 24 heavy (non-hydrogen) atoms. The molecule has 134 valence electrons. The monoisotopic (exact) mass is 334 g/mol. The molecule has 2 aliphatic heterocycles. The molecule has 2 heterocycles. The lowest BCUT2D eigenvalue weighted by molar-refractivity contribution is -0.165. The molecule has 5 atom stereocenters. The molecule has 0 aromatic heterocycles. The lowest BCUT2D eigenvalue weighted by Gasteiger charge is -2.33. The maximum atomic E-state index is 12.4. The zero-order valence-corrected chi connectivity index (χ0v) is 15.1. The summed E-state index contributed by atoms with van der Waals surface area (Å²) in [5, 5.41) is 10.7. The Morgan fingerprint density at radius 2 is 2.00 bits per heavy atom. The van der Waals surface area contributed by atoms with Crippen LogP contribution in [0.5, 0.6) is 0 Å². The third kappa shape index (κ3) is 3.45. The molecule has 0 aromatic rings. The van der Waals surface area contributed by atoms with Gasteiger partial charge in [-0.1, -0.05) is 18.2 Å². The topological polar surface area (TPSA) is 59.1 Å². The van der Waals surface area contributed by atoms with Gasteiger partial charge in [0.15, 0.2) is 0 Å². The highest BCUT2D eigenvalue weighted by atomic mass is 16.6. The summed E-state index contributed by atoms with van der Waals surface area (Å²) >= 11 is 0. The molecule has 1 N–H and O–H groups in total. The second-order valence-corrected chi connectivity index (χ2v) is 8.26. The summed E-state index contributed by atoms with van der Waals surface area (Å²) < 4.78 is 11.7. The summed E-state index contributed by atoms with van der Waals surface area (Å²) in [5.74, 6) is -0.276. The van der Waals surface area contributed by atoms with Crippen molar-refractivity contribution in [2.24, 2.45) is 5.92 Å². The fraction of sp³-hybridized carbons (Fsp3) is 0.750. The highest BCUT2D eigenvalue weighted by Crippen LogP contribution is 2.47. The van der Waals surface area contributed by atoms with Gasteiger partial charge in [0, 0.05) is 5.57 Å². The van der Waals surface area contributed by atoms with Crippen molar-refractivity contribution in [2.75, 3.05) is 0 Å². The van der Waals surface area contributed by atoms with E-state index < -0.39 is 11.7 Å². The zero-order chi connectivity index (χ0) is 17.5. The second-order valence-electron chi connectivity index (χ2n) is 8.26. The summed E-state index contributed by atoms with van der Waals surface area (Å²) in [4.78, 5) is 12.4. The van der Waals surface area contributed by atoms with Gasteiger partial charge in [-0.25, -0.2) is 4.79 Å². The lowest BCUT2D eigenvalue weighted by atomic mass is 9.82. The smallest absolute Gasteiger partial charge is 0.334 e. The summed E-state index contributed by atoms with van der Waals surface area (Å²) in [5.41, 5.74) is 0.915. The van der Waals surface area contributed by atoms with Gasteiger partial charge in [0.25, 0.3) is 0 Å². The van der Waals surface area contributed by atoms with E-state index in [0.717, 1.165) is 32.1 Å². The molecule has 2 fully saturated rings. The SMILES string of the molecule is C=C1C(=O)O[C@]2(C)CC[C@@H]1C[C@H]1O[C@@]1(C)CCC=C(C)CC[C@@H]2O. The summed E-state index contributed by atoms with van der Waals surface area (Å²) in [6, 6.07) is 0. The molecule has 3 rings (SSSR count). The van der Waals surface area contributed by atoms with Crippen molar-refractivity contribution in [2.45, 2.75) is 89.1 Å². The Bertz CT molecular complexity index is 566. The van der Waals surface area contributed by atoms with Crippen molar-refractivity contribution >= 4 is 5.97 Å². The average Bonchev–Trinajstić information content (AvgIpc) is 3.18. The first-order valence-corrected chi connectivity index (χ1v) is 9.17. The number of fused-ring (bicyclic) bond motifs is 4. The molecule has 4 heteroatoms. The number of allylic oxidation sites excluding steroid dienone is 2. The third-order valence-corrected chi connectivity index (χ3v) is 6.25. The average molecular weight is 334 g/mol. The molecule has 0 spiro atoms. The normalized spacial score (nSPS) is 44.0. The van der Waals surface area contributed by atoms with Crippen molar-refractivity contribution in [1.82, 2.24) is 0 Å². The van der Waals surface area contributed by atoms with E-state index in [1.165, 1.54) is 5.57 Å². The zero-order valence-electron chi connectivity index (χ0n) is 15.1. The van der Waals surface area contributed by atoms with E-state index in [-0.39, 0.29) is 23.6 Å². The van der Waals surface area contributed by atoms with Gasteiger partial charge in [-0.15, -0.1) is 0 Å². The van der Waals surface area contributed by atoms with E-state index in [4.69, 9.17) is 9.47 Å². The van der Waals surface area contributed by atoms with E-state index in [2.05, 4.69) is 26.5 Å². The number of esters is 1. The maximum Gasteiger partial charge on any atom is 0.334 e. The molecular formula is C20H30O4. The van der Waals surface area contributed by atoms with Crippen LogP contribution in [0.25, 0.3) is 0 Å². The van der Waals surface area contributed by atoms with Crippen LogP contribution in [0, 0.1) is 5.92 Å². The van der Waals surface area contributed by atoms with Crippen LogP contribution in [-0.4, -0.2) is 34.5 Å². The van der Waals surface area contributed by atoms with Gasteiger partial charge >= 0.3 is 5.97 Å². The molecule has 4 nitrogen and oxygen atoms in total. The molecule has 0 amide bonds. The Balaban J connectivity index is 1.85. The van der Waals surface area contributed by atoms with E-state index in [1.54, 1.807) is 0 Å². The first-order chi connectivity index (χ1) is 11.2. The number of aliphatic hydroxyl groups is 1. The molecule has 0 unspecified atom stereocenters. The van der Waals surface area contributed by atoms with Crippen LogP contribution < -0.4 is 0 Å². The molecule has 2 bridgehead atoms. The van der Waals surface area contributed by atoms with E-state index in [1.807, 2.05) is 6.92 Å². The summed E-state index contributed by atoms with van der Waals surface area (Å²) in [6.07, 6.45) is 7.51. The van der Waals surface area contributed by atoms with Crippen LogP contribution in [-0.2, 0) is 14.3 Å². The van der Waals surface area contributed by atoms with Crippen LogP contribution in [0.15, 0.2) is 23.8 Å². The minimum absolute atomic E-state index is 0.0692. The highest BCUT2D eigenvalue weighted by Gasteiger charge is 2.53. The summed E-state index contributed by atoms with van der Waals surface area (Å²) in [6.45, 7) is 10.1. The first-order valence-electron chi connectivity index (χ1n) is 9.17. The molecular weight excluding hydrogens is 304 g/mol. The van der Waals surface area contributed by atoms with Crippen LogP contribution in [0.1, 0.15) is 65.7 Å². The predicted molar refractivity (Wildman–Crippen MR) is 92.5 cm³/mol. The van der Waals surface area contributed by atoms with Crippen LogP contribution in [0.4, 0.5) is 0 Å². The van der Waals surface area contributed by atoms with Gasteiger partial charge in [-0.2, -0.15) is 0 Å². The molecule has 0 saturated carbocycles. The standard InChI is InChI=1S/C20H30O4/c1-13-6-5-10-20(4)17(23-20)12-15-9-11-19(3,16(21)8-7-13)24-18(22)14(15)2/h6,15-17,21H,2,5,7-12H2,1,3-4H3/t15-,16+,17-,19-,20+/m1/s1. The Hall–Kier alpha value is -1.13. The highest BCUT2D eigenvalue weighted by molar-refractivity contribution is 5.89. The lowest BCUT2D eigenvalue weighted by Crippen LogP contribution is -2.43. The van der Waals surface area contributed by atoms with Crippen molar-refractivity contribution < 1.29 is 19.4 Å². The number of carbonyl (C=O) groups is 1. The number of epoxide rings is 1. The quantitative estimate of drug-likeness (QED) is 0.318. The first kappa shape index (κ1) is 17.7. The van der Waals surface area contributed by atoms with E-state index >= 15 is 0 Å². The van der Waals surface area contributed by atoms with Gasteiger partial charge in [-0.05, 0) is 71.6 Å². The van der Waals surface area contributed by atoms with E-state index in [9.17, 15) is 9.90 Å². The van der Waals surface area contributed by atoms with Crippen LogP contribution in [0.3, 0.4) is 0 Å². The molecule has 3 aliphatic rings. The number of rotatable bonds is 0. The van der Waals surface area contributed by atoms with Crippen molar-refractivity contribution in [3.05, 3.63) is 23.8 Å². The second kappa shape index (κ2) is 6.30. The van der Waals surface area contributed by atoms with Gasteiger partial charge in [0.05, 0.1) is 17.8 Å². The number of aliphatic hydroxyl groups excluding tert-OH is 1. The number of carbonyl (C=O) groups excluding carboxylic acids is 1. The minimum Gasteiger partial charge on any atom is -0.453 e. The molecule has 1 aliphatic carbocycles. The van der Waals surface area contributed by atoms with E-state index in [0.29, 0.717) is 18.4 Å². The Kier molecular flexibility index (Phi) is 4.65. The minimum atomic E-state index is -0.827. The number of ether oxygens (including phenoxy) is 2. The van der Waals surface area contributed by atoms with Crippen molar-refractivity contribution in [1.29, 1.82) is 0 Å². The molecule has 0 radical (unpaired) electrons. The third-order valence-electron chi connectivity index (χ3n) is 6.25. The van der Waals surface area contributed by atoms with Gasteiger partial charge in [0.2, 0.25) is 0 Å². The van der Waals surface area contributed by atoms with Crippen molar-refractivity contribution in [3.63, 3.8) is 0 Å². The van der Waals surface area contributed by atoms with Gasteiger partial charge < -0.3 is 14.6 Å². The largest absolute Gasteiger partial charge is 0.453 e. The molecule has 2 saturated heterocycles. The van der Waals surface area contributed by atoms with Gasteiger partial charge in [0.1, 0.15) is 5.60 Å². The number of hydrogen-bond donors (Lipinski definition) is 1. The predicted octanol–water partition coefficient (Wildman–Crippen LogP) is 3.68.